The predicted octanol–water partition coefficient (Wildman–Crippen LogP) is 5.02. The molecule has 0 unspecified atom stereocenters. The van der Waals surface area contributed by atoms with E-state index in [0.29, 0.717) is 0 Å². The van der Waals surface area contributed by atoms with E-state index in [1.54, 1.807) is 22.7 Å². The number of thiophene rings is 2. The van der Waals surface area contributed by atoms with Gasteiger partial charge in [-0.15, -0.1) is 22.7 Å². The Morgan fingerprint density at radius 2 is 1.88 bits per heavy atom. The van der Waals surface area contributed by atoms with Crippen molar-refractivity contribution >= 4 is 38.3 Å². The van der Waals surface area contributed by atoms with Crippen molar-refractivity contribution < 1.29 is 0 Å². The molecule has 0 spiro atoms. The van der Waals surface area contributed by atoms with E-state index in [9.17, 15) is 0 Å². The van der Waals surface area contributed by atoms with Gasteiger partial charge in [-0.05, 0) is 40.1 Å². The van der Waals surface area contributed by atoms with Crippen LogP contribution in [0.25, 0.3) is 15.7 Å². The van der Waals surface area contributed by atoms with Gasteiger partial charge in [-0.2, -0.15) is 0 Å². The molecule has 0 nitrogen and oxygen atoms in total. The Labute approximate surface area is 102 Å². The third kappa shape index (κ3) is 1.51. The summed E-state index contributed by atoms with van der Waals surface area (Å²) in [6, 6.07) is 12.8. The summed E-state index contributed by atoms with van der Waals surface area (Å²) >= 11 is 3.52. The van der Waals surface area contributed by atoms with Gasteiger partial charge in [-0.1, -0.05) is 24.8 Å². The number of fused-ring (bicyclic) bond motifs is 1. The minimum Gasteiger partial charge on any atom is -0.144 e. The van der Waals surface area contributed by atoms with Crippen LogP contribution in [0.15, 0.2) is 53.7 Å². The van der Waals surface area contributed by atoms with Gasteiger partial charge in [-0.3, -0.25) is 0 Å². The molecule has 0 saturated heterocycles. The third-order valence-electron chi connectivity index (χ3n) is 2.64. The van der Waals surface area contributed by atoms with Gasteiger partial charge < -0.3 is 0 Å². The Morgan fingerprint density at radius 1 is 0.938 bits per heavy atom. The van der Waals surface area contributed by atoms with Crippen LogP contribution in [-0.2, 0) is 0 Å². The first kappa shape index (κ1) is 9.82. The summed E-state index contributed by atoms with van der Waals surface area (Å²) in [5, 5.41) is 5.54. The van der Waals surface area contributed by atoms with Crippen LogP contribution in [0.5, 0.6) is 0 Å². The highest BCUT2D eigenvalue weighted by molar-refractivity contribution is 7.17. The van der Waals surface area contributed by atoms with Crippen molar-refractivity contribution in [2.75, 3.05) is 0 Å². The molecular formula is C14H10S2. The summed E-state index contributed by atoms with van der Waals surface area (Å²) < 4.78 is 1.33. The molecule has 16 heavy (non-hydrogen) atoms. The van der Waals surface area contributed by atoms with Crippen molar-refractivity contribution in [2.24, 2.45) is 0 Å². The van der Waals surface area contributed by atoms with E-state index in [0.717, 1.165) is 5.57 Å². The smallest absolute Gasteiger partial charge is 0.0348 e. The van der Waals surface area contributed by atoms with Gasteiger partial charge in [-0.25, -0.2) is 0 Å². The average molecular weight is 242 g/mol. The Morgan fingerprint density at radius 3 is 2.69 bits per heavy atom. The fraction of sp³-hybridized carbons (Fsp3) is 0. The van der Waals surface area contributed by atoms with Crippen molar-refractivity contribution in [3.63, 3.8) is 0 Å². The van der Waals surface area contributed by atoms with Crippen molar-refractivity contribution in [1.82, 2.24) is 0 Å². The van der Waals surface area contributed by atoms with E-state index in [4.69, 9.17) is 0 Å². The van der Waals surface area contributed by atoms with Crippen LogP contribution in [0.1, 0.15) is 10.4 Å². The molecule has 0 aliphatic carbocycles. The zero-order chi connectivity index (χ0) is 11.0. The number of hydrogen-bond donors (Lipinski definition) is 0. The molecule has 1 aromatic carbocycles. The lowest BCUT2D eigenvalue weighted by Gasteiger charge is -2.05. The Balaban J connectivity index is 2.19. The molecule has 0 radical (unpaired) electrons. The van der Waals surface area contributed by atoms with Crippen LogP contribution < -0.4 is 0 Å². The predicted molar refractivity (Wildman–Crippen MR) is 74.3 cm³/mol. The number of rotatable bonds is 2. The van der Waals surface area contributed by atoms with Gasteiger partial charge >= 0.3 is 0 Å². The third-order valence-corrected chi connectivity index (χ3v) is 4.45. The second-order valence-electron chi connectivity index (χ2n) is 3.59. The summed E-state index contributed by atoms with van der Waals surface area (Å²) in [5.74, 6) is 0. The molecule has 0 amide bonds. The lowest BCUT2D eigenvalue weighted by atomic mass is 10.0. The van der Waals surface area contributed by atoms with Gasteiger partial charge in [0.25, 0.3) is 0 Å². The molecule has 3 rings (SSSR count). The Hall–Kier alpha value is -1.38. The lowest BCUT2D eigenvalue weighted by molar-refractivity contribution is 1.71. The molecule has 0 bridgehead atoms. The molecule has 78 valence electrons. The first-order chi connectivity index (χ1) is 7.86. The van der Waals surface area contributed by atoms with Crippen molar-refractivity contribution in [3.05, 3.63) is 64.2 Å². The van der Waals surface area contributed by atoms with Crippen molar-refractivity contribution in [1.29, 1.82) is 0 Å². The van der Waals surface area contributed by atoms with Crippen LogP contribution >= 0.6 is 22.7 Å². The highest BCUT2D eigenvalue weighted by Gasteiger charge is 2.07. The highest BCUT2D eigenvalue weighted by atomic mass is 32.1. The maximum Gasteiger partial charge on any atom is 0.0348 e. The molecule has 0 fully saturated rings. The lowest BCUT2D eigenvalue weighted by Crippen LogP contribution is -1.82. The van der Waals surface area contributed by atoms with Gasteiger partial charge in [0.15, 0.2) is 0 Å². The van der Waals surface area contributed by atoms with Gasteiger partial charge in [0, 0.05) is 15.0 Å². The Bertz CT molecular complexity index is 630. The van der Waals surface area contributed by atoms with E-state index in [2.05, 4.69) is 53.7 Å². The topological polar surface area (TPSA) is 0 Å². The SMILES string of the molecule is C=C(c1cccs1)c1cccc2sccc12. The number of benzene rings is 1. The summed E-state index contributed by atoms with van der Waals surface area (Å²) in [7, 11) is 0. The van der Waals surface area contributed by atoms with Gasteiger partial charge in [0.1, 0.15) is 0 Å². The quantitative estimate of drug-likeness (QED) is 0.591. The van der Waals surface area contributed by atoms with Crippen LogP contribution in [-0.4, -0.2) is 0 Å². The number of hydrogen-bond acceptors (Lipinski definition) is 2. The molecular weight excluding hydrogens is 232 g/mol. The first-order valence-electron chi connectivity index (χ1n) is 5.05. The molecule has 0 atom stereocenters. The maximum atomic E-state index is 4.21. The van der Waals surface area contributed by atoms with Crippen molar-refractivity contribution in [2.45, 2.75) is 0 Å². The normalized spacial score (nSPS) is 10.8. The zero-order valence-electron chi connectivity index (χ0n) is 8.64. The molecule has 2 heteroatoms. The average Bonchev–Trinajstić information content (AvgIpc) is 2.98. The standard InChI is InChI=1S/C14H10S2/c1-10(13-6-3-8-15-13)11-4-2-5-14-12(11)7-9-16-14/h2-9H,1H2. The highest BCUT2D eigenvalue weighted by Crippen LogP contribution is 2.32. The Kier molecular flexibility index (Phi) is 2.39. The summed E-state index contributed by atoms with van der Waals surface area (Å²) in [5.41, 5.74) is 2.38. The van der Waals surface area contributed by atoms with Gasteiger partial charge in [0.05, 0.1) is 0 Å². The van der Waals surface area contributed by atoms with Crippen LogP contribution in [0.4, 0.5) is 0 Å². The molecule has 0 N–H and O–H groups in total. The van der Waals surface area contributed by atoms with Crippen molar-refractivity contribution in [3.8, 4) is 0 Å². The fourth-order valence-corrected chi connectivity index (χ4v) is 3.37. The van der Waals surface area contributed by atoms with E-state index in [1.807, 2.05) is 0 Å². The summed E-state index contributed by atoms with van der Waals surface area (Å²) in [6.07, 6.45) is 0. The molecule has 0 aliphatic rings. The summed E-state index contributed by atoms with van der Waals surface area (Å²) in [6.45, 7) is 4.21. The van der Waals surface area contributed by atoms with E-state index in [1.165, 1.54) is 20.5 Å². The van der Waals surface area contributed by atoms with E-state index in [-0.39, 0.29) is 0 Å². The fourth-order valence-electron chi connectivity index (χ4n) is 1.84. The van der Waals surface area contributed by atoms with Crippen LogP contribution in [0.3, 0.4) is 0 Å². The van der Waals surface area contributed by atoms with E-state index < -0.39 is 0 Å². The second kappa shape index (κ2) is 3.89. The largest absolute Gasteiger partial charge is 0.144 e. The molecule has 3 aromatic rings. The van der Waals surface area contributed by atoms with E-state index >= 15 is 0 Å². The molecule has 2 aromatic heterocycles. The zero-order valence-corrected chi connectivity index (χ0v) is 10.3. The molecule has 2 heterocycles. The summed E-state index contributed by atoms with van der Waals surface area (Å²) in [4.78, 5) is 1.25. The second-order valence-corrected chi connectivity index (χ2v) is 5.49. The van der Waals surface area contributed by atoms with Gasteiger partial charge in [0.2, 0.25) is 0 Å². The monoisotopic (exact) mass is 242 g/mol. The maximum absolute atomic E-state index is 4.21. The van der Waals surface area contributed by atoms with Crippen LogP contribution in [0, 0.1) is 0 Å². The van der Waals surface area contributed by atoms with Crippen LogP contribution in [0.2, 0.25) is 0 Å². The molecule has 0 saturated carbocycles. The minimum absolute atomic E-state index is 1.12. The first-order valence-corrected chi connectivity index (χ1v) is 6.81. The minimum atomic E-state index is 1.12. The molecule has 0 aliphatic heterocycles.